The third-order valence-electron chi connectivity index (χ3n) is 7.49. The Morgan fingerprint density at radius 2 is 1.08 bits per heavy atom. The molecule has 8 aromatic rings. The molecular formula is C35H21NO. The average Bonchev–Trinajstić information content (AvgIpc) is 3.35. The van der Waals surface area contributed by atoms with E-state index in [1.165, 1.54) is 38.4 Å². The zero-order valence-electron chi connectivity index (χ0n) is 20.0. The lowest BCUT2D eigenvalue weighted by Crippen LogP contribution is -1.93. The van der Waals surface area contributed by atoms with Crippen molar-refractivity contribution < 1.29 is 4.42 Å². The van der Waals surface area contributed by atoms with Gasteiger partial charge in [0.1, 0.15) is 11.2 Å². The summed E-state index contributed by atoms with van der Waals surface area (Å²) in [5.74, 6) is 0. The van der Waals surface area contributed by atoms with Gasteiger partial charge in [0.25, 0.3) is 0 Å². The Hall–Kier alpha value is -4.95. The van der Waals surface area contributed by atoms with Gasteiger partial charge in [0.05, 0.1) is 5.52 Å². The van der Waals surface area contributed by atoms with Gasteiger partial charge in [0.15, 0.2) is 0 Å². The summed E-state index contributed by atoms with van der Waals surface area (Å²) in [6.07, 6.45) is 2.06. The molecule has 6 aromatic carbocycles. The first-order valence-electron chi connectivity index (χ1n) is 12.6. The van der Waals surface area contributed by atoms with Crippen molar-refractivity contribution in [2.75, 3.05) is 0 Å². The fraction of sp³-hybridized carbons (Fsp3) is 0. The van der Waals surface area contributed by atoms with Crippen LogP contribution < -0.4 is 0 Å². The molecule has 0 amide bonds. The largest absolute Gasteiger partial charge is 0.456 e. The van der Waals surface area contributed by atoms with Crippen molar-refractivity contribution in [3.63, 3.8) is 0 Å². The first-order chi connectivity index (χ1) is 18.4. The van der Waals surface area contributed by atoms with Gasteiger partial charge in [0, 0.05) is 33.1 Å². The molecule has 0 N–H and O–H groups in total. The summed E-state index contributed by atoms with van der Waals surface area (Å²) in [6, 6.07) is 42.7. The average molecular weight is 472 g/mol. The number of fused-ring (bicyclic) bond motifs is 7. The molecule has 0 radical (unpaired) electrons. The molecule has 0 spiro atoms. The van der Waals surface area contributed by atoms with E-state index in [9.17, 15) is 0 Å². The molecule has 0 fully saturated rings. The topological polar surface area (TPSA) is 26.0 Å². The third-order valence-corrected chi connectivity index (χ3v) is 7.49. The number of benzene rings is 6. The van der Waals surface area contributed by atoms with Crippen LogP contribution in [0.5, 0.6) is 0 Å². The molecule has 2 heterocycles. The number of aromatic nitrogens is 1. The smallest absolute Gasteiger partial charge is 0.136 e. The summed E-state index contributed by atoms with van der Waals surface area (Å²) in [5.41, 5.74) is 7.62. The molecule has 0 aliphatic rings. The van der Waals surface area contributed by atoms with Crippen molar-refractivity contribution >= 4 is 54.4 Å². The van der Waals surface area contributed by atoms with E-state index in [0.717, 1.165) is 38.2 Å². The SMILES string of the molecule is c1ccc(-c2c3ccccc3c(-c3cccc4oc5ccccc5c34)c3cnc4ccccc4c23)cc1. The van der Waals surface area contributed by atoms with Crippen molar-refractivity contribution in [1.82, 2.24) is 4.98 Å². The van der Waals surface area contributed by atoms with Crippen molar-refractivity contribution in [3.8, 4) is 22.3 Å². The molecule has 0 aliphatic carbocycles. The normalized spacial score (nSPS) is 11.8. The van der Waals surface area contributed by atoms with Gasteiger partial charge in [0.2, 0.25) is 0 Å². The molecule has 8 rings (SSSR count). The van der Waals surface area contributed by atoms with Gasteiger partial charge in [-0.2, -0.15) is 0 Å². The van der Waals surface area contributed by atoms with Gasteiger partial charge in [-0.1, -0.05) is 103 Å². The minimum absolute atomic E-state index is 0.900. The van der Waals surface area contributed by atoms with E-state index in [4.69, 9.17) is 9.40 Å². The summed E-state index contributed by atoms with van der Waals surface area (Å²) in [5, 5.41) is 8.26. The van der Waals surface area contributed by atoms with Gasteiger partial charge < -0.3 is 4.42 Å². The Morgan fingerprint density at radius 1 is 0.432 bits per heavy atom. The molecular weight excluding hydrogens is 450 g/mol. The number of rotatable bonds is 2. The van der Waals surface area contributed by atoms with E-state index in [2.05, 4.69) is 115 Å². The maximum absolute atomic E-state index is 6.29. The van der Waals surface area contributed by atoms with Crippen LogP contribution in [-0.2, 0) is 0 Å². The lowest BCUT2D eigenvalue weighted by atomic mass is 9.84. The zero-order chi connectivity index (χ0) is 24.3. The van der Waals surface area contributed by atoms with Crippen molar-refractivity contribution in [3.05, 3.63) is 128 Å². The molecule has 0 unspecified atom stereocenters. The molecule has 172 valence electrons. The standard InChI is InChI=1S/C35H21NO/c1-2-11-22(12-3-1)32-23-13-4-5-14-24(23)33(28-21-36-29-18-8-6-15-25(29)35(28)32)27-17-10-20-31-34(27)26-16-7-9-19-30(26)37-31/h1-21H. The van der Waals surface area contributed by atoms with Gasteiger partial charge in [-0.05, 0) is 51.2 Å². The summed E-state index contributed by atoms with van der Waals surface area (Å²) < 4.78 is 6.29. The highest BCUT2D eigenvalue weighted by Crippen LogP contribution is 2.48. The zero-order valence-corrected chi connectivity index (χ0v) is 20.0. The van der Waals surface area contributed by atoms with E-state index < -0.39 is 0 Å². The predicted octanol–water partition coefficient (Wildman–Crippen LogP) is 9.77. The van der Waals surface area contributed by atoms with Gasteiger partial charge in [-0.15, -0.1) is 0 Å². The van der Waals surface area contributed by atoms with Gasteiger partial charge >= 0.3 is 0 Å². The van der Waals surface area contributed by atoms with E-state index in [-0.39, 0.29) is 0 Å². The monoisotopic (exact) mass is 471 g/mol. The van der Waals surface area contributed by atoms with E-state index >= 15 is 0 Å². The van der Waals surface area contributed by atoms with Crippen LogP contribution in [0.4, 0.5) is 0 Å². The first kappa shape index (κ1) is 20.3. The second-order valence-electron chi connectivity index (χ2n) is 9.50. The molecule has 0 aliphatic heterocycles. The van der Waals surface area contributed by atoms with Crippen LogP contribution in [0.15, 0.2) is 132 Å². The maximum atomic E-state index is 6.29. The molecule has 2 aromatic heterocycles. The van der Waals surface area contributed by atoms with E-state index in [0.29, 0.717) is 0 Å². The quantitative estimate of drug-likeness (QED) is 0.185. The molecule has 37 heavy (non-hydrogen) atoms. The highest BCUT2D eigenvalue weighted by atomic mass is 16.3. The van der Waals surface area contributed by atoms with Crippen LogP contribution in [0.2, 0.25) is 0 Å². The second-order valence-corrected chi connectivity index (χ2v) is 9.50. The summed E-state index contributed by atoms with van der Waals surface area (Å²) >= 11 is 0. The van der Waals surface area contributed by atoms with Crippen LogP contribution in [0, 0.1) is 0 Å². The Kier molecular flexibility index (Phi) is 4.26. The minimum atomic E-state index is 0.900. The number of pyridine rings is 1. The molecule has 0 bridgehead atoms. The van der Waals surface area contributed by atoms with Crippen LogP contribution in [0.25, 0.3) is 76.6 Å². The Morgan fingerprint density at radius 3 is 1.92 bits per heavy atom. The second kappa shape index (κ2) is 7.78. The number of hydrogen-bond donors (Lipinski definition) is 0. The first-order valence-corrected chi connectivity index (χ1v) is 12.6. The molecule has 0 saturated heterocycles. The molecule has 0 atom stereocenters. The number of para-hydroxylation sites is 2. The van der Waals surface area contributed by atoms with Crippen molar-refractivity contribution in [1.29, 1.82) is 0 Å². The van der Waals surface area contributed by atoms with Crippen LogP contribution in [0.1, 0.15) is 0 Å². The Balaban J connectivity index is 1.66. The van der Waals surface area contributed by atoms with Crippen LogP contribution in [0.3, 0.4) is 0 Å². The third kappa shape index (κ3) is 2.90. The number of nitrogens with zero attached hydrogens (tertiary/aromatic N) is 1. The predicted molar refractivity (Wildman–Crippen MR) is 155 cm³/mol. The molecule has 2 heteroatoms. The van der Waals surface area contributed by atoms with Crippen molar-refractivity contribution in [2.45, 2.75) is 0 Å². The molecule has 0 saturated carbocycles. The summed E-state index contributed by atoms with van der Waals surface area (Å²) in [4.78, 5) is 4.94. The maximum Gasteiger partial charge on any atom is 0.136 e. The van der Waals surface area contributed by atoms with E-state index in [1.807, 2.05) is 12.1 Å². The van der Waals surface area contributed by atoms with Gasteiger partial charge in [-0.25, -0.2) is 0 Å². The van der Waals surface area contributed by atoms with Gasteiger partial charge in [-0.3, -0.25) is 4.98 Å². The highest BCUT2D eigenvalue weighted by Gasteiger charge is 2.21. The minimum Gasteiger partial charge on any atom is -0.456 e. The number of furan rings is 1. The molecule has 2 nitrogen and oxygen atoms in total. The Labute approximate surface area is 213 Å². The van der Waals surface area contributed by atoms with Crippen LogP contribution >= 0.6 is 0 Å². The lowest BCUT2D eigenvalue weighted by molar-refractivity contribution is 0.669. The summed E-state index contributed by atoms with van der Waals surface area (Å²) in [6.45, 7) is 0. The Bertz CT molecular complexity index is 2140. The summed E-state index contributed by atoms with van der Waals surface area (Å²) in [7, 11) is 0. The van der Waals surface area contributed by atoms with E-state index in [1.54, 1.807) is 0 Å². The lowest BCUT2D eigenvalue weighted by Gasteiger charge is -2.19. The fourth-order valence-corrected chi connectivity index (χ4v) is 5.98. The number of hydrogen-bond acceptors (Lipinski definition) is 2. The highest BCUT2D eigenvalue weighted by molar-refractivity contribution is 6.29. The van der Waals surface area contributed by atoms with Crippen molar-refractivity contribution in [2.24, 2.45) is 0 Å². The van der Waals surface area contributed by atoms with Crippen LogP contribution in [-0.4, -0.2) is 4.98 Å². The fourth-order valence-electron chi connectivity index (χ4n) is 5.98.